The van der Waals surface area contributed by atoms with E-state index in [4.69, 9.17) is 0 Å². The molecular weight excluding hydrogens is 344 g/mol. The lowest BCUT2D eigenvalue weighted by atomic mass is 9.95. The van der Waals surface area contributed by atoms with E-state index in [0.29, 0.717) is 0 Å². The second-order valence-corrected chi connectivity index (χ2v) is 8.08. The van der Waals surface area contributed by atoms with Gasteiger partial charge in [-0.15, -0.1) is 0 Å². The fourth-order valence-electron chi connectivity index (χ4n) is 4.38. The Balaban J connectivity index is 1.44. The van der Waals surface area contributed by atoms with E-state index < -0.39 is 0 Å². The van der Waals surface area contributed by atoms with Gasteiger partial charge in [-0.05, 0) is 72.8 Å². The lowest BCUT2D eigenvalue weighted by Crippen LogP contribution is -2.40. The number of aryl methyl sites for hydroxylation is 2. The lowest BCUT2D eigenvalue weighted by Gasteiger charge is -2.32. The first-order valence-electron chi connectivity index (χ1n) is 10.2. The Morgan fingerprint density at radius 1 is 1.04 bits per heavy atom. The average molecular weight is 373 g/mol. The number of carbonyl (C=O) groups excluding carboxylic acids is 1. The third-order valence-electron chi connectivity index (χ3n) is 5.64. The monoisotopic (exact) mass is 372 g/mol. The molecule has 1 aliphatic rings. The van der Waals surface area contributed by atoms with E-state index in [-0.39, 0.29) is 11.8 Å². The molecule has 1 atom stereocenters. The molecule has 0 spiro atoms. The number of hydrogen-bond donors (Lipinski definition) is 1. The minimum Gasteiger partial charge on any atom is -0.326 e. The number of nitrogens with zero attached hydrogens (tertiary/aromatic N) is 1. The summed E-state index contributed by atoms with van der Waals surface area (Å²) in [6.45, 7) is 6.90. The topological polar surface area (TPSA) is 32.3 Å². The first kappa shape index (κ1) is 18.7. The maximum absolute atomic E-state index is 12.9. The van der Waals surface area contributed by atoms with Gasteiger partial charge in [0, 0.05) is 18.8 Å². The van der Waals surface area contributed by atoms with Gasteiger partial charge < -0.3 is 5.32 Å². The molecule has 0 aliphatic carbocycles. The van der Waals surface area contributed by atoms with E-state index >= 15 is 0 Å². The second kappa shape index (κ2) is 8.15. The SMILES string of the molecule is Cc1cc(C)cc(NC(=O)C2CCCN(Cc3cccc4ccccc34)C2)c1. The van der Waals surface area contributed by atoms with Crippen LogP contribution in [0, 0.1) is 19.8 Å². The molecule has 1 aliphatic heterocycles. The summed E-state index contributed by atoms with van der Waals surface area (Å²) < 4.78 is 0. The van der Waals surface area contributed by atoms with Crippen LogP contribution in [0.1, 0.15) is 29.5 Å². The third-order valence-corrected chi connectivity index (χ3v) is 5.64. The molecular formula is C25H28N2O. The number of carbonyl (C=O) groups is 1. The van der Waals surface area contributed by atoms with Gasteiger partial charge in [0.15, 0.2) is 0 Å². The standard InChI is InChI=1S/C25H28N2O/c1-18-13-19(2)15-23(14-18)26-25(28)22-10-6-12-27(17-22)16-21-9-5-8-20-7-3-4-11-24(20)21/h3-5,7-9,11,13-15,22H,6,10,12,16-17H2,1-2H3,(H,26,28). The molecule has 3 aromatic carbocycles. The van der Waals surface area contributed by atoms with Gasteiger partial charge in [-0.1, -0.05) is 48.5 Å². The highest BCUT2D eigenvalue weighted by atomic mass is 16.1. The van der Waals surface area contributed by atoms with Crippen molar-refractivity contribution in [2.75, 3.05) is 18.4 Å². The van der Waals surface area contributed by atoms with Crippen molar-refractivity contribution in [1.82, 2.24) is 4.90 Å². The van der Waals surface area contributed by atoms with E-state index in [9.17, 15) is 4.79 Å². The van der Waals surface area contributed by atoms with Crippen LogP contribution in [-0.2, 0) is 11.3 Å². The number of likely N-dealkylation sites (tertiary alicyclic amines) is 1. The van der Waals surface area contributed by atoms with E-state index in [2.05, 4.69) is 72.6 Å². The third kappa shape index (κ3) is 4.26. The molecule has 1 heterocycles. The highest BCUT2D eigenvalue weighted by Crippen LogP contribution is 2.24. The number of hydrogen-bond acceptors (Lipinski definition) is 2. The minimum atomic E-state index is 0.0459. The van der Waals surface area contributed by atoms with Crippen molar-refractivity contribution in [3.05, 3.63) is 77.4 Å². The first-order chi connectivity index (χ1) is 13.6. The molecule has 0 bridgehead atoms. The molecule has 1 N–H and O–H groups in total. The summed E-state index contributed by atoms with van der Waals surface area (Å²) in [6, 6.07) is 21.3. The van der Waals surface area contributed by atoms with Crippen molar-refractivity contribution in [2.45, 2.75) is 33.2 Å². The summed E-state index contributed by atoms with van der Waals surface area (Å²) in [5.41, 5.74) is 4.61. The zero-order chi connectivity index (χ0) is 19.5. The summed E-state index contributed by atoms with van der Waals surface area (Å²) in [6.07, 6.45) is 2.03. The number of amides is 1. The van der Waals surface area contributed by atoms with E-state index in [1.165, 1.54) is 27.5 Å². The smallest absolute Gasteiger partial charge is 0.228 e. The molecule has 0 saturated carbocycles. The Morgan fingerprint density at radius 2 is 1.79 bits per heavy atom. The van der Waals surface area contributed by atoms with Crippen LogP contribution in [-0.4, -0.2) is 23.9 Å². The molecule has 1 amide bonds. The van der Waals surface area contributed by atoms with E-state index in [1.807, 2.05) is 12.1 Å². The lowest BCUT2D eigenvalue weighted by molar-refractivity contribution is -0.121. The number of rotatable bonds is 4. The number of fused-ring (bicyclic) bond motifs is 1. The molecule has 1 unspecified atom stereocenters. The van der Waals surface area contributed by atoms with Crippen LogP contribution in [0.5, 0.6) is 0 Å². The predicted octanol–water partition coefficient (Wildman–Crippen LogP) is 5.31. The fraction of sp³-hybridized carbons (Fsp3) is 0.320. The summed E-state index contributed by atoms with van der Waals surface area (Å²) in [4.78, 5) is 15.3. The van der Waals surface area contributed by atoms with Crippen molar-refractivity contribution in [2.24, 2.45) is 5.92 Å². The fourth-order valence-corrected chi connectivity index (χ4v) is 4.38. The Kier molecular flexibility index (Phi) is 5.45. The van der Waals surface area contributed by atoms with Crippen LogP contribution < -0.4 is 5.32 Å². The molecule has 3 nitrogen and oxygen atoms in total. The van der Waals surface area contributed by atoms with Crippen LogP contribution in [0.4, 0.5) is 5.69 Å². The molecule has 0 aromatic heterocycles. The van der Waals surface area contributed by atoms with Crippen LogP contribution in [0.15, 0.2) is 60.7 Å². The molecule has 3 heteroatoms. The number of nitrogens with one attached hydrogen (secondary N) is 1. The molecule has 1 fully saturated rings. The van der Waals surface area contributed by atoms with Gasteiger partial charge in [0.25, 0.3) is 0 Å². The van der Waals surface area contributed by atoms with Crippen molar-refractivity contribution >= 4 is 22.4 Å². The first-order valence-corrected chi connectivity index (χ1v) is 10.2. The molecule has 144 valence electrons. The molecule has 4 rings (SSSR count). The quantitative estimate of drug-likeness (QED) is 0.673. The van der Waals surface area contributed by atoms with Crippen LogP contribution in [0.2, 0.25) is 0 Å². The Hall–Kier alpha value is -2.65. The van der Waals surface area contributed by atoms with Gasteiger partial charge in [-0.2, -0.15) is 0 Å². The number of anilines is 1. The van der Waals surface area contributed by atoms with E-state index in [1.54, 1.807) is 0 Å². The minimum absolute atomic E-state index is 0.0459. The van der Waals surface area contributed by atoms with Gasteiger partial charge in [0.1, 0.15) is 0 Å². The Bertz CT molecular complexity index is 969. The number of piperidine rings is 1. The maximum Gasteiger partial charge on any atom is 0.228 e. The van der Waals surface area contributed by atoms with Gasteiger partial charge in [0.05, 0.1) is 5.92 Å². The molecule has 3 aromatic rings. The molecule has 0 radical (unpaired) electrons. The van der Waals surface area contributed by atoms with Crippen LogP contribution in [0.3, 0.4) is 0 Å². The summed E-state index contributed by atoms with van der Waals surface area (Å²) >= 11 is 0. The Labute approximate surface area is 167 Å². The Morgan fingerprint density at radius 3 is 2.61 bits per heavy atom. The summed E-state index contributed by atoms with van der Waals surface area (Å²) in [5, 5.41) is 5.73. The van der Waals surface area contributed by atoms with Gasteiger partial charge >= 0.3 is 0 Å². The zero-order valence-corrected chi connectivity index (χ0v) is 16.7. The number of benzene rings is 3. The molecule has 1 saturated heterocycles. The molecule has 28 heavy (non-hydrogen) atoms. The summed E-state index contributed by atoms with van der Waals surface area (Å²) in [5.74, 6) is 0.192. The van der Waals surface area contributed by atoms with Crippen molar-refractivity contribution in [1.29, 1.82) is 0 Å². The van der Waals surface area contributed by atoms with Crippen LogP contribution in [0.25, 0.3) is 10.8 Å². The van der Waals surface area contributed by atoms with Crippen molar-refractivity contribution < 1.29 is 4.79 Å². The van der Waals surface area contributed by atoms with Crippen LogP contribution >= 0.6 is 0 Å². The van der Waals surface area contributed by atoms with Crippen molar-refractivity contribution in [3.8, 4) is 0 Å². The van der Waals surface area contributed by atoms with Gasteiger partial charge in [-0.3, -0.25) is 9.69 Å². The van der Waals surface area contributed by atoms with Crippen molar-refractivity contribution in [3.63, 3.8) is 0 Å². The predicted molar refractivity (Wildman–Crippen MR) is 116 cm³/mol. The maximum atomic E-state index is 12.9. The highest BCUT2D eigenvalue weighted by molar-refractivity contribution is 5.93. The van der Waals surface area contributed by atoms with Gasteiger partial charge in [-0.25, -0.2) is 0 Å². The largest absolute Gasteiger partial charge is 0.326 e. The van der Waals surface area contributed by atoms with Gasteiger partial charge in [0.2, 0.25) is 5.91 Å². The second-order valence-electron chi connectivity index (χ2n) is 8.08. The zero-order valence-electron chi connectivity index (χ0n) is 16.7. The average Bonchev–Trinajstić information content (AvgIpc) is 2.68. The van der Waals surface area contributed by atoms with E-state index in [0.717, 1.165) is 38.2 Å². The summed E-state index contributed by atoms with van der Waals surface area (Å²) in [7, 11) is 0. The highest BCUT2D eigenvalue weighted by Gasteiger charge is 2.26. The normalized spacial score (nSPS) is 17.6.